The highest BCUT2D eigenvalue weighted by atomic mass is 32.1. The monoisotopic (exact) mass is 338 g/mol. The molecule has 2 heterocycles. The fourth-order valence-electron chi connectivity index (χ4n) is 2.36. The van der Waals surface area contributed by atoms with Gasteiger partial charge in [0.25, 0.3) is 0 Å². The van der Waals surface area contributed by atoms with Crippen LogP contribution in [-0.2, 0) is 9.31 Å². The van der Waals surface area contributed by atoms with E-state index in [4.69, 9.17) is 9.31 Å². The van der Waals surface area contributed by atoms with Crippen molar-refractivity contribution in [2.45, 2.75) is 84.7 Å². The van der Waals surface area contributed by atoms with Crippen LogP contribution in [0.1, 0.15) is 54.0 Å². The fraction of sp³-hybridized carbons (Fsp3) is 0.765. The Morgan fingerprint density at radius 3 is 1.91 bits per heavy atom. The lowest BCUT2D eigenvalue weighted by Crippen LogP contribution is -2.48. The average Bonchev–Trinajstić information content (AvgIpc) is 2.76. The molecular formula is C17H31BO2SSi. The third kappa shape index (κ3) is 2.86. The molecule has 1 aliphatic heterocycles. The molecule has 0 aromatic carbocycles. The zero-order valence-corrected chi connectivity index (χ0v) is 17.7. The van der Waals surface area contributed by atoms with Gasteiger partial charge >= 0.3 is 7.12 Å². The average molecular weight is 338 g/mol. The first-order valence-corrected chi connectivity index (χ1v) is 12.0. The maximum absolute atomic E-state index is 6.25. The largest absolute Gasteiger partial charge is 0.505 e. The topological polar surface area (TPSA) is 18.5 Å². The minimum atomic E-state index is -1.51. The molecule has 0 N–H and O–H groups in total. The number of thiophene rings is 1. The third-order valence-electron chi connectivity index (χ3n) is 5.91. The SMILES string of the molecule is Cc1cc([Si](C)(C)C(C)(C)C)sc1B1OC(C)(C)C(C)(C)O1. The summed E-state index contributed by atoms with van der Waals surface area (Å²) in [6, 6.07) is 2.38. The van der Waals surface area contributed by atoms with Crippen molar-refractivity contribution in [3.8, 4) is 0 Å². The number of aryl methyl sites for hydroxylation is 1. The number of rotatable bonds is 2. The first-order valence-electron chi connectivity index (χ1n) is 8.15. The molecule has 0 amide bonds. The fourth-order valence-corrected chi connectivity index (χ4v) is 6.83. The van der Waals surface area contributed by atoms with Crippen molar-refractivity contribution >= 4 is 35.8 Å². The molecule has 0 spiro atoms. The zero-order chi connectivity index (χ0) is 17.1. The first-order chi connectivity index (χ1) is 9.69. The Balaban J connectivity index is 2.37. The molecule has 1 aromatic heterocycles. The second-order valence-electron chi connectivity index (χ2n) is 9.12. The predicted octanol–water partition coefficient (Wildman–Crippen LogP) is 4.07. The molecule has 0 saturated carbocycles. The molecule has 2 rings (SSSR count). The van der Waals surface area contributed by atoms with E-state index in [0.717, 1.165) is 0 Å². The highest BCUT2D eigenvalue weighted by molar-refractivity contribution is 7.33. The first kappa shape index (κ1) is 18.2. The molecule has 0 aliphatic carbocycles. The minimum Gasteiger partial charge on any atom is -0.399 e. The van der Waals surface area contributed by atoms with Crippen LogP contribution in [0.25, 0.3) is 0 Å². The molecule has 124 valence electrons. The molecule has 0 bridgehead atoms. The molecule has 1 fully saturated rings. The molecular weight excluding hydrogens is 307 g/mol. The van der Waals surface area contributed by atoms with Gasteiger partial charge in [-0.25, -0.2) is 0 Å². The van der Waals surface area contributed by atoms with Gasteiger partial charge in [-0.05, 0) is 55.8 Å². The van der Waals surface area contributed by atoms with E-state index in [1.807, 2.05) is 11.3 Å². The van der Waals surface area contributed by atoms with E-state index in [0.29, 0.717) is 5.04 Å². The summed E-state index contributed by atoms with van der Waals surface area (Å²) < 4.78 is 15.3. The van der Waals surface area contributed by atoms with Crippen molar-refractivity contribution in [3.63, 3.8) is 0 Å². The molecule has 0 atom stereocenters. The van der Waals surface area contributed by atoms with Gasteiger partial charge in [0, 0.05) is 4.78 Å². The van der Waals surface area contributed by atoms with E-state index < -0.39 is 8.07 Å². The molecule has 1 aromatic rings. The van der Waals surface area contributed by atoms with E-state index in [1.165, 1.54) is 10.3 Å². The normalized spacial score (nSPS) is 21.5. The van der Waals surface area contributed by atoms with E-state index in [1.54, 1.807) is 4.50 Å². The Kier molecular flexibility index (Phi) is 4.31. The smallest absolute Gasteiger partial charge is 0.399 e. The van der Waals surface area contributed by atoms with Crippen LogP contribution >= 0.6 is 11.3 Å². The summed E-state index contributed by atoms with van der Waals surface area (Å²) in [6.07, 6.45) is 0. The van der Waals surface area contributed by atoms with E-state index >= 15 is 0 Å². The van der Waals surface area contributed by atoms with Crippen molar-refractivity contribution in [1.29, 1.82) is 0 Å². The van der Waals surface area contributed by atoms with Gasteiger partial charge in [0.2, 0.25) is 0 Å². The third-order valence-corrected chi connectivity index (χ3v) is 14.0. The van der Waals surface area contributed by atoms with Crippen LogP contribution in [0.3, 0.4) is 0 Å². The van der Waals surface area contributed by atoms with Gasteiger partial charge in [-0.3, -0.25) is 0 Å². The van der Waals surface area contributed by atoms with Crippen molar-refractivity contribution in [2.75, 3.05) is 0 Å². The van der Waals surface area contributed by atoms with Gasteiger partial charge in [0.05, 0.1) is 19.3 Å². The van der Waals surface area contributed by atoms with Gasteiger partial charge in [-0.1, -0.05) is 33.9 Å². The van der Waals surface area contributed by atoms with Gasteiger partial charge in [0.15, 0.2) is 0 Å². The van der Waals surface area contributed by atoms with Crippen LogP contribution in [0.15, 0.2) is 6.07 Å². The molecule has 22 heavy (non-hydrogen) atoms. The van der Waals surface area contributed by atoms with Crippen LogP contribution in [0, 0.1) is 6.92 Å². The summed E-state index contributed by atoms with van der Waals surface area (Å²) in [5.74, 6) is 0. The highest BCUT2D eigenvalue weighted by Crippen LogP contribution is 2.39. The van der Waals surface area contributed by atoms with Gasteiger partial charge in [-0.15, -0.1) is 0 Å². The van der Waals surface area contributed by atoms with Gasteiger partial charge < -0.3 is 9.31 Å². The predicted molar refractivity (Wildman–Crippen MR) is 102 cm³/mol. The van der Waals surface area contributed by atoms with Crippen LogP contribution in [0.5, 0.6) is 0 Å². The summed E-state index contributed by atoms with van der Waals surface area (Å²) in [5.41, 5.74) is 0.763. The quantitative estimate of drug-likeness (QED) is 0.757. The Morgan fingerprint density at radius 2 is 1.50 bits per heavy atom. The van der Waals surface area contributed by atoms with Crippen molar-refractivity contribution in [1.82, 2.24) is 0 Å². The molecule has 0 unspecified atom stereocenters. The second-order valence-corrected chi connectivity index (χ2v) is 15.9. The summed E-state index contributed by atoms with van der Waals surface area (Å²) in [4.78, 5) is 0. The lowest BCUT2D eigenvalue weighted by Gasteiger charge is -2.36. The summed E-state index contributed by atoms with van der Waals surface area (Å²) >= 11 is 1.90. The Hall–Kier alpha value is -0.0982. The van der Waals surface area contributed by atoms with E-state index in [2.05, 4.69) is 74.6 Å². The second kappa shape index (κ2) is 5.20. The van der Waals surface area contributed by atoms with E-state index in [-0.39, 0.29) is 18.3 Å². The number of hydrogen-bond acceptors (Lipinski definition) is 3. The van der Waals surface area contributed by atoms with Crippen molar-refractivity contribution in [3.05, 3.63) is 11.6 Å². The van der Waals surface area contributed by atoms with Crippen molar-refractivity contribution < 1.29 is 9.31 Å². The molecule has 2 nitrogen and oxygen atoms in total. The standard InChI is InChI=1S/C17H31BO2SSi/c1-12-11-13(22(9,10)15(2,3)4)21-14(12)18-19-16(5,6)17(7,8)20-18/h11H,1-10H3. The maximum Gasteiger partial charge on any atom is 0.505 e. The lowest BCUT2D eigenvalue weighted by molar-refractivity contribution is 0.00578. The zero-order valence-electron chi connectivity index (χ0n) is 15.9. The Morgan fingerprint density at radius 1 is 1.05 bits per heavy atom. The Labute approximate surface area is 141 Å². The number of hydrogen-bond donors (Lipinski definition) is 0. The maximum atomic E-state index is 6.25. The van der Waals surface area contributed by atoms with Crippen LogP contribution in [-0.4, -0.2) is 26.4 Å². The van der Waals surface area contributed by atoms with Crippen LogP contribution in [0.2, 0.25) is 18.1 Å². The molecule has 5 heteroatoms. The molecule has 1 saturated heterocycles. The van der Waals surface area contributed by atoms with Gasteiger partial charge in [-0.2, -0.15) is 11.3 Å². The minimum absolute atomic E-state index is 0.228. The summed E-state index contributed by atoms with van der Waals surface area (Å²) in [6.45, 7) is 22.7. The Bertz CT molecular complexity index is 554. The van der Waals surface area contributed by atoms with Crippen LogP contribution in [0.4, 0.5) is 0 Å². The summed E-state index contributed by atoms with van der Waals surface area (Å²) in [5, 5.41) is 0.345. The van der Waals surface area contributed by atoms with Crippen LogP contribution < -0.4 is 9.28 Å². The van der Waals surface area contributed by atoms with E-state index in [9.17, 15) is 0 Å². The molecule has 0 radical (unpaired) electrons. The van der Waals surface area contributed by atoms with Crippen molar-refractivity contribution in [2.24, 2.45) is 0 Å². The lowest BCUT2D eigenvalue weighted by atomic mass is 9.85. The molecule has 1 aliphatic rings. The van der Waals surface area contributed by atoms with Gasteiger partial charge in [0.1, 0.15) is 0 Å². The highest BCUT2D eigenvalue weighted by Gasteiger charge is 2.53. The summed E-state index contributed by atoms with van der Waals surface area (Å²) in [7, 11) is -1.73.